The number of furan rings is 1. The van der Waals surface area contributed by atoms with E-state index in [-0.39, 0.29) is 17.2 Å². The molecule has 0 fully saturated rings. The highest BCUT2D eigenvalue weighted by Gasteiger charge is 2.08. The minimum atomic E-state index is -0.508. The summed E-state index contributed by atoms with van der Waals surface area (Å²) >= 11 is 5.62. The number of halogens is 1. The van der Waals surface area contributed by atoms with Crippen LogP contribution in [0.15, 0.2) is 51.3 Å². The van der Waals surface area contributed by atoms with E-state index in [0.717, 1.165) is 0 Å². The Morgan fingerprint density at radius 1 is 1.22 bits per heavy atom. The van der Waals surface area contributed by atoms with Gasteiger partial charge < -0.3 is 8.83 Å². The molecule has 0 unspecified atom stereocenters. The summed E-state index contributed by atoms with van der Waals surface area (Å²) in [5, 5.41) is 12.8. The Morgan fingerprint density at radius 2 is 2.04 bits per heavy atom. The zero-order valence-electron chi connectivity index (χ0n) is 11.7. The Hall–Kier alpha value is -3.06. The van der Waals surface area contributed by atoms with Gasteiger partial charge in [-0.3, -0.25) is 20.8 Å². The fourth-order valence-electron chi connectivity index (χ4n) is 1.80. The summed E-state index contributed by atoms with van der Waals surface area (Å²) in [5.74, 6) is -0.335. The van der Waals surface area contributed by atoms with Crippen LogP contribution in [-0.4, -0.2) is 16.9 Å². The van der Waals surface area contributed by atoms with E-state index in [1.807, 2.05) is 12.1 Å². The molecular formula is C15H11ClN4O3. The van der Waals surface area contributed by atoms with E-state index in [0.29, 0.717) is 16.9 Å². The molecule has 2 heterocycles. The highest BCUT2D eigenvalue weighted by molar-refractivity contribution is 6.28. The third-order valence-corrected chi connectivity index (χ3v) is 2.97. The number of nitrogens with zero attached hydrogens (tertiary/aromatic N) is 1. The molecule has 0 atom stereocenters. The first-order valence-corrected chi connectivity index (χ1v) is 6.93. The van der Waals surface area contributed by atoms with Gasteiger partial charge in [0.1, 0.15) is 11.3 Å². The van der Waals surface area contributed by atoms with E-state index in [1.54, 1.807) is 24.3 Å². The van der Waals surface area contributed by atoms with E-state index in [4.69, 9.17) is 25.8 Å². The zero-order chi connectivity index (χ0) is 16.2. The summed E-state index contributed by atoms with van der Waals surface area (Å²) in [7, 11) is 0. The molecule has 0 saturated carbocycles. The predicted molar refractivity (Wildman–Crippen MR) is 86.3 cm³/mol. The van der Waals surface area contributed by atoms with Crippen LogP contribution in [0.25, 0.3) is 17.2 Å². The van der Waals surface area contributed by atoms with Crippen LogP contribution in [-0.2, 0) is 4.79 Å². The molecule has 0 aliphatic rings. The maximum atomic E-state index is 11.7. The van der Waals surface area contributed by atoms with Crippen molar-refractivity contribution in [2.45, 2.75) is 0 Å². The quantitative estimate of drug-likeness (QED) is 0.388. The minimum absolute atomic E-state index is 0.123. The molecule has 116 valence electrons. The van der Waals surface area contributed by atoms with Gasteiger partial charge in [0.25, 0.3) is 5.91 Å². The van der Waals surface area contributed by atoms with Crippen LogP contribution in [0.1, 0.15) is 5.76 Å². The molecule has 3 aromatic rings. The number of hydrogen-bond donors (Lipinski definition) is 3. The average molecular weight is 331 g/mol. The maximum absolute atomic E-state index is 11.7. The Bertz CT molecular complexity index is 864. The number of benzene rings is 1. The molecule has 0 radical (unpaired) electrons. The third kappa shape index (κ3) is 3.78. The van der Waals surface area contributed by atoms with Gasteiger partial charge in [-0.05, 0) is 41.9 Å². The van der Waals surface area contributed by atoms with Crippen molar-refractivity contribution < 1.29 is 13.6 Å². The van der Waals surface area contributed by atoms with E-state index in [9.17, 15) is 4.79 Å². The van der Waals surface area contributed by atoms with Crippen molar-refractivity contribution in [2.75, 3.05) is 5.32 Å². The maximum Gasteiger partial charge on any atom is 0.302 e. The Balaban J connectivity index is 1.58. The van der Waals surface area contributed by atoms with Crippen LogP contribution in [0.2, 0.25) is 5.22 Å². The number of guanidine groups is 1. The fraction of sp³-hybridized carbons (Fsp3) is 0. The smallest absolute Gasteiger partial charge is 0.302 e. The van der Waals surface area contributed by atoms with Crippen LogP contribution in [0.5, 0.6) is 0 Å². The standard InChI is InChI=1S/C15H11ClN4O3/c16-12-7-5-9(22-12)6-8-13(21)19-14(17)20-15-18-10-3-1-2-4-11(10)23-15/h1-8H,(H3,17,18,19,20,21)/b8-6+. The first-order valence-electron chi connectivity index (χ1n) is 6.56. The van der Waals surface area contributed by atoms with Crippen LogP contribution < -0.4 is 10.6 Å². The number of carbonyl (C=O) groups excluding carboxylic acids is 1. The first kappa shape index (κ1) is 14.9. The van der Waals surface area contributed by atoms with Crippen LogP contribution >= 0.6 is 11.6 Å². The Labute approximate surface area is 135 Å². The number of nitrogens with one attached hydrogen (secondary N) is 3. The highest BCUT2D eigenvalue weighted by Crippen LogP contribution is 2.17. The van der Waals surface area contributed by atoms with Crippen molar-refractivity contribution >= 4 is 46.7 Å². The lowest BCUT2D eigenvalue weighted by atomic mass is 10.3. The fourth-order valence-corrected chi connectivity index (χ4v) is 1.96. The van der Waals surface area contributed by atoms with Crippen molar-refractivity contribution in [3.05, 3.63) is 53.5 Å². The van der Waals surface area contributed by atoms with Crippen molar-refractivity contribution in [2.24, 2.45) is 0 Å². The molecule has 3 rings (SSSR count). The zero-order valence-corrected chi connectivity index (χ0v) is 12.4. The molecule has 0 spiro atoms. The molecule has 7 nitrogen and oxygen atoms in total. The Kier molecular flexibility index (Phi) is 4.11. The van der Waals surface area contributed by atoms with Crippen LogP contribution in [0.4, 0.5) is 6.01 Å². The van der Waals surface area contributed by atoms with Gasteiger partial charge in [0.05, 0.1) is 0 Å². The summed E-state index contributed by atoms with van der Waals surface area (Å²) in [5.41, 5.74) is 1.24. The lowest BCUT2D eigenvalue weighted by Crippen LogP contribution is -2.33. The first-order chi connectivity index (χ1) is 11.1. The number of oxazole rings is 1. The van der Waals surface area contributed by atoms with Gasteiger partial charge in [0.15, 0.2) is 10.8 Å². The van der Waals surface area contributed by atoms with E-state index in [1.165, 1.54) is 12.2 Å². The molecule has 0 saturated heterocycles. The lowest BCUT2D eigenvalue weighted by Gasteiger charge is -2.03. The SMILES string of the molecule is N=C(NC(=O)/C=C/c1ccc(Cl)o1)Nc1nc2ccccc2o1. The van der Waals surface area contributed by atoms with Gasteiger partial charge >= 0.3 is 6.01 Å². The van der Waals surface area contributed by atoms with Crippen molar-refractivity contribution in [3.63, 3.8) is 0 Å². The summed E-state index contributed by atoms with van der Waals surface area (Å²) < 4.78 is 10.5. The van der Waals surface area contributed by atoms with E-state index in [2.05, 4.69) is 15.6 Å². The molecule has 1 aromatic carbocycles. The monoisotopic (exact) mass is 330 g/mol. The van der Waals surface area contributed by atoms with Crippen LogP contribution in [0, 0.1) is 5.41 Å². The topological polar surface area (TPSA) is 104 Å². The summed E-state index contributed by atoms with van der Waals surface area (Å²) in [6, 6.07) is 10.5. The van der Waals surface area contributed by atoms with Gasteiger partial charge in [-0.1, -0.05) is 12.1 Å². The summed E-state index contributed by atoms with van der Waals surface area (Å²) in [4.78, 5) is 15.8. The molecule has 8 heteroatoms. The van der Waals surface area contributed by atoms with Gasteiger partial charge in [-0.2, -0.15) is 4.98 Å². The molecule has 0 bridgehead atoms. The second-order valence-corrected chi connectivity index (χ2v) is 4.82. The normalized spacial score (nSPS) is 11.0. The van der Waals surface area contributed by atoms with Gasteiger partial charge in [0, 0.05) is 6.08 Å². The third-order valence-electron chi connectivity index (χ3n) is 2.77. The molecule has 0 aliphatic heterocycles. The molecular weight excluding hydrogens is 320 g/mol. The highest BCUT2D eigenvalue weighted by atomic mass is 35.5. The van der Waals surface area contributed by atoms with E-state index >= 15 is 0 Å². The number of para-hydroxylation sites is 2. The second kappa shape index (κ2) is 6.37. The van der Waals surface area contributed by atoms with Crippen molar-refractivity contribution in [3.8, 4) is 0 Å². The molecule has 1 amide bonds. The number of fused-ring (bicyclic) bond motifs is 1. The number of carbonyl (C=O) groups is 1. The Morgan fingerprint density at radius 3 is 2.78 bits per heavy atom. The number of hydrogen-bond acceptors (Lipinski definition) is 5. The van der Waals surface area contributed by atoms with Gasteiger partial charge in [-0.25, -0.2) is 0 Å². The average Bonchev–Trinajstić information content (AvgIpc) is 3.10. The number of aromatic nitrogens is 1. The van der Waals surface area contributed by atoms with Crippen molar-refractivity contribution in [1.82, 2.24) is 10.3 Å². The molecule has 2 aromatic heterocycles. The van der Waals surface area contributed by atoms with Gasteiger partial charge in [-0.15, -0.1) is 0 Å². The number of amides is 1. The lowest BCUT2D eigenvalue weighted by molar-refractivity contribution is -0.115. The largest absolute Gasteiger partial charge is 0.445 e. The number of anilines is 1. The second-order valence-electron chi connectivity index (χ2n) is 4.45. The van der Waals surface area contributed by atoms with E-state index < -0.39 is 5.91 Å². The molecule has 3 N–H and O–H groups in total. The summed E-state index contributed by atoms with van der Waals surface area (Å²) in [6.45, 7) is 0. The number of rotatable bonds is 3. The summed E-state index contributed by atoms with van der Waals surface area (Å²) in [6.07, 6.45) is 2.66. The molecule has 0 aliphatic carbocycles. The van der Waals surface area contributed by atoms with Crippen LogP contribution in [0.3, 0.4) is 0 Å². The minimum Gasteiger partial charge on any atom is -0.445 e. The predicted octanol–water partition coefficient (Wildman–Crippen LogP) is 3.25. The van der Waals surface area contributed by atoms with Crippen molar-refractivity contribution in [1.29, 1.82) is 5.41 Å². The van der Waals surface area contributed by atoms with Gasteiger partial charge in [0.2, 0.25) is 5.96 Å². The molecule has 23 heavy (non-hydrogen) atoms.